The van der Waals surface area contributed by atoms with Gasteiger partial charge in [-0.25, -0.2) is 0 Å². The summed E-state index contributed by atoms with van der Waals surface area (Å²) < 4.78 is 5.11. The molecule has 1 amide bonds. The van der Waals surface area contributed by atoms with Crippen molar-refractivity contribution in [2.75, 3.05) is 20.2 Å². The minimum Gasteiger partial charge on any atom is -0.497 e. The van der Waals surface area contributed by atoms with Crippen LogP contribution in [0.25, 0.3) is 0 Å². The third-order valence-electron chi connectivity index (χ3n) is 5.43. The Morgan fingerprint density at radius 1 is 1.24 bits per heavy atom. The van der Waals surface area contributed by atoms with Crippen LogP contribution in [0.5, 0.6) is 5.75 Å². The van der Waals surface area contributed by atoms with E-state index in [0.717, 1.165) is 24.2 Å². The summed E-state index contributed by atoms with van der Waals surface area (Å²) in [5.41, 5.74) is -0.366. The van der Waals surface area contributed by atoms with Gasteiger partial charge in [0.15, 0.2) is 0 Å². The molecule has 1 aliphatic heterocycles. The number of benzene rings is 1. The van der Waals surface area contributed by atoms with Crippen molar-refractivity contribution in [3.63, 3.8) is 0 Å². The third kappa shape index (κ3) is 3.79. The highest BCUT2D eigenvalue weighted by Gasteiger charge is 2.52. The van der Waals surface area contributed by atoms with Crippen molar-refractivity contribution >= 4 is 11.9 Å². The van der Waals surface area contributed by atoms with Gasteiger partial charge in [-0.3, -0.25) is 9.59 Å². The summed E-state index contributed by atoms with van der Waals surface area (Å²) in [6, 6.07) is 7.28. The average Bonchev–Trinajstić information content (AvgIpc) is 3.41. The molecule has 0 aromatic heterocycles. The Morgan fingerprint density at radius 2 is 1.92 bits per heavy atom. The second kappa shape index (κ2) is 7.04. The molecule has 1 saturated carbocycles. The summed E-state index contributed by atoms with van der Waals surface area (Å²) in [5.74, 6) is 0.00125. The number of aliphatic carboxylic acids is 1. The quantitative estimate of drug-likeness (QED) is 0.818. The first-order valence-corrected chi connectivity index (χ1v) is 8.77. The molecular weight excluding hydrogens is 322 g/mol. The summed E-state index contributed by atoms with van der Waals surface area (Å²) in [5, 5.41) is 20.2. The van der Waals surface area contributed by atoms with Crippen molar-refractivity contribution < 1.29 is 24.5 Å². The lowest BCUT2D eigenvalue weighted by molar-refractivity contribution is -0.167. The maximum atomic E-state index is 12.7. The van der Waals surface area contributed by atoms with Crippen LogP contribution in [0.4, 0.5) is 0 Å². The number of ether oxygens (including phenoxy) is 1. The molecule has 0 bridgehead atoms. The van der Waals surface area contributed by atoms with E-state index in [1.807, 2.05) is 12.1 Å². The van der Waals surface area contributed by atoms with E-state index in [1.54, 1.807) is 24.1 Å². The third-order valence-corrected chi connectivity index (χ3v) is 5.43. The predicted molar refractivity (Wildman–Crippen MR) is 91.3 cm³/mol. The Labute approximate surface area is 147 Å². The van der Waals surface area contributed by atoms with Crippen LogP contribution >= 0.6 is 0 Å². The van der Waals surface area contributed by atoms with Crippen LogP contribution < -0.4 is 4.74 Å². The molecule has 1 aliphatic carbocycles. The van der Waals surface area contributed by atoms with Gasteiger partial charge in [0.1, 0.15) is 11.2 Å². The predicted octanol–water partition coefficient (Wildman–Crippen LogP) is 1.70. The van der Waals surface area contributed by atoms with Gasteiger partial charge in [0.05, 0.1) is 19.6 Å². The number of hydrogen-bond donors (Lipinski definition) is 2. The van der Waals surface area contributed by atoms with Crippen LogP contribution in [-0.4, -0.2) is 53.3 Å². The smallest absolute Gasteiger partial charge is 0.314 e. The number of piperidine rings is 1. The molecule has 1 saturated heterocycles. The van der Waals surface area contributed by atoms with Crippen molar-refractivity contribution in [1.82, 2.24) is 4.90 Å². The molecule has 2 aliphatic rings. The molecular formula is C19H25NO5. The number of aliphatic hydroxyl groups excluding tert-OH is 1. The van der Waals surface area contributed by atoms with E-state index >= 15 is 0 Å². The molecule has 1 aromatic rings. The normalized spacial score (nSPS) is 26.3. The average molecular weight is 347 g/mol. The highest BCUT2D eigenvalue weighted by atomic mass is 16.5. The standard InChI is InChI=1S/C19H25NO5/c1-25-15-6-4-13(5-7-15)10-17(22)20-9-8-16(21)19(12-20,18(23)24)11-14-2-3-14/h4-7,14,16,21H,2-3,8-12H2,1H3,(H,23,24)/t16-,19+/m0/s1. The molecule has 0 spiro atoms. The Hall–Kier alpha value is -2.08. The number of rotatable bonds is 6. The number of carboxylic acid groups (broad SMARTS) is 1. The van der Waals surface area contributed by atoms with Crippen molar-refractivity contribution in [2.24, 2.45) is 11.3 Å². The van der Waals surface area contributed by atoms with E-state index in [2.05, 4.69) is 0 Å². The fourth-order valence-electron chi connectivity index (χ4n) is 3.66. The van der Waals surface area contributed by atoms with Crippen LogP contribution in [0.2, 0.25) is 0 Å². The summed E-state index contributed by atoms with van der Waals surface area (Å²) in [7, 11) is 1.59. The van der Waals surface area contributed by atoms with Gasteiger partial charge in [-0.15, -0.1) is 0 Å². The molecule has 1 heterocycles. The topological polar surface area (TPSA) is 87.1 Å². The molecule has 136 valence electrons. The van der Waals surface area contributed by atoms with Crippen LogP contribution in [0.15, 0.2) is 24.3 Å². The van der Waals surface area contributed by atoms with Crippen LogP contribution in [0.1, 0.15) is 31.2 Å². The van der Waals surface area contributed by atoms with Crippen LogP contribution in [-0.2, 0) is 16.0 Å². The molecule has 0 radical (unpaired) electrons. The number of amides is 1. The molecule has 3 rings (SSSR count). The molecule has 1 aromatic carbocycles. The zero-order chi connectivity index (χ0) is 18.0. The van der Waals surface area contributed by atoms with E-state index in [0.29, 0.717) is 25.3 Å². The summed E-state index contributed by atoms with van der Waals surface area (Å²) in [6.07, 6.45) is 2.13. The molecule has 25 heavy (non-hydrogen) atoms. The lowest BCUT2D eigenvalue weighted by Crippen LogP contribution is -2.57. The van der Waals surface area contributed by atoms with E-state index in [4.69, 9.17) is 4.74 Å². The van der Waals surface area contributed by atoms with Crippen LogP contribution in [0, 0.1) is 11.3 Å². The van der Waals surface area contributed by atoms with Gasteiger partial charge in [0, 0.05) is 13.1 Å². The first-order chi connectivity index (χ1) is 11.9. The minimum atomic E-state index is -1.23. The minimum absolute atomic E-state index is 0.0923. The van der Waals surface area contributed by atoms with Gasteiger partial charge in [-0.1, -0.05) is 25.0 Å². The van der Waals surface area contributed by atoms with Gasteiger partial charge in [-0.2, -0.15) is 0 Å². The van der Waals surface area contributed by atoms with Crippen molar-refractivity contribution in [2.45, 2.75) is 38.2 Å². The lowest BCUT2D eigenvalue weighted by atomic mass is 9.73. The Bertz CT molecular complexity index is 640. The van der Waals surface area contributed by atoms with Crippen LogP contribution in [0.3, 0.4) is 0 Å². The second-order valence-corrected chi connectivity index (χ2v) is 7.25. The number of aliphatic hydroxyl groups is 1. The highest BCUT2D eigenvalue weighted by molar-refractivity contribution is 5.81. The molecule has 6 nitrogen and oxygen atoms in total. The van der Waals surface area contributed by atoms with E-state index < -0.39 is 17.5 Å². The first-order valence-electron chi connectivity index (χ1n) is 8.77. The fourth-order valence-corrected chi connectivity index (χ4v) is 3.66. The van der Waals surface area contributed by atoms with Gasteiger partial charge < -0.3 is 19.8 Å². The number of carbonyl (C=O) groups is 2. The number of methoxy groups -OCH3 is 1. The summed E-state index contributed by atoms with van der Waals surface area (Å²) in [6.45, 7) is 0.491. The molecule has 2 atom stereocenters. The number of nitrogens with zero attached hydrogens (tertiary/aromatic N) is 1. The Morgan fingerprint density at radius 3 is 2.48 bits per heavy atom. The van der Waals surface area contributed by atoms with E-state index in [9.17, 15) is 19.8 Å². The summed E-state index contributed by atoms with van der Waals surface area (Å²) >= 11 is 0. The molecule has 6 heteroatoms. The maximum Gasteiger partial charge on any atom is 0.314 e. The number of carbonyl (C=O) groups excluding carboxylic acids is 1. The van der Waals surface area contributed by atoms with Crippen molar-refractivity contribution in [1.29, 1.82) is 0 Å². The lowest BCUT2D eigenvalue weighted by Gasteiger charge is -2.43. The SMILES string of the molecule is COc1ccc(CC(=O)N2CC[C@H](O)[C@](CC3CC3)(C(=O)O)C2)cc1. The molecule has 0 unspecified atom stereocenters. The van der Waals surface area contributed by atoms with Crippen molar-refractivity contribution in [3.05, 3.63) is 29.8 Å². The Kier molecular flexibility index (Phi) is 4.99. The van der Waals surface area contributed by atoms with Gasteiger partial charge in [-0.05, 0) is 36.5 Å². The van der Waals surface area contributed by atoms with Gasteiger partial charge >= 0.3 is 5.97 Å². The Balaban J connectivity index is 1.70. The molecule has 2 fully saturated rings. The highest BCUT2D eigenvalue weighted by Crippen LogP contribution is 2.45. The monoisotopic (exact) mass is 347 g/mol. The zero-order valence-corrected chi connectivity index (χ0v) is 14.5. The van der Waals surface area contributed by atoms with Gasteiger partial charge in [0.2, 0.25) is 5.91 Å². The number of likely N-dealkylation sites (tertiary alicyclic amines) is 1. The van der Waals surface area contributed by atoms with E-state index in [1.165, 1.54) is 0 Å². The fraction of sp³-hybridized carbons (Fsp3) is 0.579. The van der Waals surface area contributed by atoms with E-state index in [-0.39, 0.29) is 18.9 Å². The van der Waals surface area contributed by atoms with Gasteiger partial charge in [0.25, 0.3) is 0 Å². The number of hydrogen-bond acceptors (Lipinski definition) is 4. The largest absolute Gasteiger partial charge is 0.497 e. The zero-order valence-electron chi connectivity index (χ0n) is 14.5. The maximum absolute atomic E-state index is 12.7. The first kappa shape index (κ1) is 17.7. The molecule has 2 N–H and O–H groups in total. The van der Waals surface area contributed by atoms with Crippen molar-refractivity contribution in [3.8, 4) is 5.75 Å². The second-order valence-electron chi connectivity index (χ2n) is 7.25. The summed E-state index contributed by atoms with van der Waals surface area (Å²) in [4.78, 5) is 26.2. The number of carboxylic acids is 1.